The molecule has 4 N–H and O–H groups in total. The van der Waals surface area contributed by atoms with Gasteiger partial charge in [0.1, 0.15) is 11.7 Å². The summed E-state index contributed by atoms with van der Waals surface area (Å²) in [5, 5.41) is 19.5. The fourth-order valence-corrected chi connectivity index (χ4v) is 2.06. The van der Waals surface area contributed by atoms with Crippen molar-refractivity contribution in [3.8, 4) is 0 Å². The first-order chi connectivity index (χ1) is 6.59. The maximum atomic E-state index is 11.4. The molecule has 14 heavy (non-hydrogen) atoms. The molecule has 2 saturated heterocycles. The third-order valence-corrected chi connectivity index (χ3v) is 2.82. The number of carbonyl (C=O) groups excluding carboxylic acids is 1. The Balaban J connectivity index is 2.20. The molecule has 0 aliphatic carbocycles. The quantitative estimate of drug-likeness (QED) is 0.465. The van der Waals surface area contributed by atoms with E-state index in [1.807, 2.05) is 0 Å². The van der Waals surface area contributed by atoms with E-state index in [-0.39, 0.29) is 18.9 Å². The molecule has 2 rings (SSSR count). The van der Waals surface area contributed by atoms with Crippen LogP contribution >= 0.6 is 0 Å². The van der Waals surface area contributed by atoms with Gasteiger partial charge in [-0.1, -0.05) is 0 Å². The van der Waals surface area contributed by atoms with Crippen molar-refractivity contribution < 1.29 is 19.7 Å². The molecule has 2 aliphatic heterocycles. The van der Waals surface area contributed by atoms with Gasteiger partial charge >= 0.3 is 0 Å². The fourth-order valence-electron chi connectivity index (χ4n) is 2.06. The summed E-state index contributed by atoms with van der Waals surface area (Å²) >= 11 is 0. The summed E-state index contributed by atoms with van der Waals surface area (Å²) in [6, 6.07) is 0. The Hall–Kier alpha value is -0.690. The summed E-state index contributed by atoms with van der Waals surface area (Å²) in [6.07, 6.45) is -1.80. The molecular formula is C8H14N2O4. The van der Waals surface area contributed by atoms with Gasteiger partial charge in [0.15, 0.2) is 6.23 Å². The molecule has 0 aromatic rings. The van der Waals surface area contributed by atoms with Crippen molar-refractivity contribution in [2.24, 2.45) is 5.73 Å². The number of ether oxygens (including phenoxy) is 1. The van der Waals surface area contributed by atoms with E-state index in [9.17, 15) is 15.0 Å². The highest BCUT2D eigenvalue weighted by molar-refractivity contribution is 5.81. The van der Waals surface area contributed by atoms with Crippen LogP contribution in [0, 0.1) is 0 Å². The van der Waals surface area contributed by atoms with Gasteiger partial charge in [0.25, 0.3) is 0 Å². The van der Waals surface area contributed by atoms with Crippen molar-refractivity contribution in [3.63, 3.8) is 0 Å². The molecule has 0 spiro atoms. The van der Waals surface area contributed by atoms with Crippen LogP contribution in [0.15, 0.2) is 0 Å². The standard InChI is InChI=1S/C8H14N2O4/c9-1-2-10-6(12)3-8(13)5(11)4-14-7(8)10/h5,7,11,13H,1-4,9H2/t5-,7+,8+/m1/s1. The molecule has 0 unspecified atom stereocenters. The predicted octanol–water partition coefficient (Wildman–Crippen LogP) is -2.37. The van der Waals surface area contributed by atoms with E-state index < -0.39 is 17.9 Å². The zero-order valence-electron chi connectivity index (χ0n) is 7.72. The third-order valence-electron chi connectivity index (χ3n) is 2.82. The van der Waals surface area contributed by atoms with Crippen LogP contribution in [0.25, 0.3) is 0 Å². The average Bonchev–Trinajstić information content (AvgIpc) is 2.52. The van der Waals surface area contributed by atoms with Crippen molar-refractivity contribution in [1.29, 1.82) is 0 Å². The number of amides is 1. The summed E-state index contributed by atoms with van der Waals surface area (Å²) in [7, 11) is 0. The number of rotatable bonds is 2. The normalized spacial score (nSPS) is 41.9. The first-order valence-electron chi connectivity index (χ1n) is 4.61. The van der Waals surface area contributed by atoms with E-state index in [4.69, 9.17) is 10.5 Å². The lowest BCUT2D eigenvalue weighted by atomic mass is 9.97. The Morgan fingerprint density at radius 3 is 3.07 bits per heavy atom. The van der Waals surface area contributed by atoms with E-state index in [1.54, 1.807) is 0 Å². The molecule has 0 aromatic carbocycles. The van der Waals surface area contributed by atoms with E-state index in [2.05, 4.69) is 0 Å². The summed E-state index contributed by atoms with van der Waals surface area (Å²) in [5.41, 5.74) is 3.90. The zero-order chi connectivity index (χ0) is 10.3. The van der Waals surface area contributed by atoms with Crippen molar-refractivity contribution >= 4 is 5.91 Å². The smallest absolute Gasteiger partial charge is 0.227 e. The van der Waals surface area contributed by atoms with Gasteiger partial charge in [0.05, 0.1) is 13.0 Å². The van der Waals surface area contributed by atoms with Gasteiger partial charge in [-0.05, 0) is 0 Å². The second kappa shape index (κ2) is 3.16. The van der Waals surface area contributed by atoms with Crippen LogP contribution in [0.1, 0.15) is 6.42 Å². The van der Waals surface area contributed by atoms with Crippen LogP contribution in [-0.4, -0.2) is 58.6 Å². The SMILES string of the molecule is NCCN1C(=O)C[C@]2(O)[C@H](O)CO[C@H]12. The van der Waals surface area contributed by atoms with Gasteiger partial charge in [-0.25, -0.2) is 0 Å². The number of carbonyl (C=O) groups is 1. The van der Waals surface area contributed by atoms with Crippen LogP contribution in [0.4, 0.5) is 0 Å². The number of hydrogen-bond acceptors (Lipinski definition) is 5. The van der Waals surface area contributed by atoms with Gasteiger partial charge in [-0.15, -0.1) is 0 Å². The number of aliphatic hydroxyl groups is 2. The highest BCUT2D eigenvalue weighted by atomic mass is 16.6. The number of aliphatic hydroxyl groups excluding tert-OH is 1. The lowest BCUT2D eigenvalue weighted by Crippen LogP contribution is -2.48. The largest absolute Gasteiger partial charge is 0.387 e. The van der Waals surface area contributed by atoms with Crippen LogP contribution in [0.3, 0.4) is 0 Å². The molecule has 2 aliphatic rings. The summed E-state index contributed by atoms with van der Waals surface area (Å²) in [4.78, 5) is 12.8. The highest BCUT2D eigenvalue weighted by Crippen LogP contribution is 2.37. The molecule has 1 amide bonds. The Morgan fingerprint density at radius 1 is 1.71 bits per heavy atom. The molecule has 0 aromatic heterocycles. The minimum absolute atomic E-state index is 0.0650. The van der Waals surface area contributed by atoms with E-state index >= 15 is 0 Å². The lowest BCUT2D eigenvalue weighted by molar-refractivity contribution is -0.136. The van der Waals surface area contributed by atoms with Crippen molar-refractivity contribution in [2.75, 3.05) is 19.7 Å². The first-order valence-corrected chi connectivity index (χ1v) is 4.61. The fraction of sp³-hybridized carbons (Fsp3) is 0.875. The Bertz CT molecular complexity index is 260. The van der Waals surface area contributed by atoms with Crippen molar-refractivity contribution in [1.82, 2.24) is 4.90 Å². The maximum absolute atomic E-state index is 11.4. The van der Waals surface area contributed by atoms with Crippen molar-refractivity contribution in [3.05, 3.63) is 0 Å². The third kappa shape index (κ3) is 1.15. The van der Waals surface area contributed by atoms with Gasteiger partial charge in [-0.3, -0.25) is 4.79 Å². The Kier molecular flexibility index (Phi) is 2.23. The predicted molar refractivity (Wildman–Crippen MR) is 46.1 cm³/mol. The van der Waals surface area contributed by atoms with E-state index in [0.717, 1.165) is 0 Å². The van der Waals surface area contributed by atoms with E-state index in [1.165, 1.54) is 4.90 Å². The molecule has 6 nitrogen and oxygen atoms in total. The molecule has 0 saturated carbocycles. The number of nitrogens with zero attached hydrogens (tertiary/aromatic N) is 1. The van der Waals surface area contributed by atoms with Crippen LogP contribution in [0.2, 0.25) is 0 Å². The molecule has 2 heterocycles. The number of hydrogen-bond donors (Lipinski definition) is 3. The summed E-state index contributed by atoms with van der Waals surface area (Å²) < 4.78 is 5.18. The average molecular weight is 202 g/mol. The van der Waals surface area contributed by atoms with Gasteiger partial charge in [0.2, 0.25) is 5.91 Å². The maximum Gasteiger partial charge on any atom is 0.227 e. The van der Waals surface area contributed by atoms with Crippen LogP contribution < -0.4 is 5.73 Å². The molecule has 80 valence electrons. The molecule has 0 bridgehead atoms. The summed E-state index contributed by atoms with van der Waals surface area (Å²) in [6.45, 7) is 0.728. The minimum atomic E-state index is -1.44. The highest BCUT2D eigenvalue weighted by Gasteiger charge is 2.59. The topological polar surface area (TPSA) is 96.0 Å². The van der Waals surface area contributed by atoms with E-state index in [0.29, 0.717) is 13.1 Å². The molecule has 3 atom stereocenters. The number of likely N-dealkylation sites (tertiary alicyclic amines) is 1. The molecular weight excluding hydrogens is 188 g/mol. The lowest BCUT2D eigenvalue weighted by Gasteiger charge is -2.26. The Labute approximate surface area is 81.2 Å². The van der Waals surface area contributed by atoms with Gasteiger partial charge in [-0.2, -0.15) is 0 Å². The van der Waals surface area contributed by atoms with Gasteiger partial charge in [0, 0.05) is 13.1 Å². The monoisotopic (exact) mass is 202 g/mol. The molecule has 6 heteroatoms. The molecule has 2 fully saturated rings. The Morgan fingerprint density at radius 2 is 2.43 bits per heavy atom. The zero-order valence-corrected chi connectivity index (χ0v) is 7.72. The van der Waals surface area contributed by atoms with Crippen molar-refractivity contribution in [2.45, 2.75) is 24.4 Å². The second-order valence-electron chi connectivity index (χ2n) is 3.75. The number of nitrogens with two attached hydrogens (primary N) is 1. The number of fused-ring (bicyclic) bond motifs is 1. The first kappa shape index (κ1) is 9.85. The second-order valence-corrected chi connectivity index (χ2v) is 3.75. The summed E-state index contributed by atoms with van der Waals surface area (Å²) in [5.74, 6) is -0.221. The van der Waals surface area contributed by atoms with Crippen LogP contribution in [-0.2, 0) is 9.53 Å². The minimum Gasteiger partial charge on any atom is -0.387 e. The van der Waals surface area contributed by atoms with Crippen LogP contribution in [0.5, 0.6) is 0 Å². The molecule has 0 radical (unpaired) electrons. The van der Waals surface area contributed by atoms with Gasteiger partial charge < -0.3 is 25.6 Å².